The van der Waals surface area contributed by atoms with E-state index in [0.29, 0.717) is 5.11 Å². The summed E-state index contributed by atoms with van der Waals surface area (Å²) in [5.41, 5.74) is 3.47. The number of carboxylic acids is 1. The Morgan fingerprint density at radius 2 is 2.06 bits per heavy atom. The van der Waals surface area contributed by atoms with Crippen molar-refractivity contribution >= 4 is 29.5 Å². The van der Waals surface area contributed by atoms with E-state index in [1.807, 2.05) is 0 Å². The third-order valence-electron chi connectivity index (χ3n) is 1.75. The van der Waals surface area contributed by atoms with E-state index in [4.69, 9.17) is 12.2 Å². The largest absolute Gasteiger partial charge is 0.545 e. The van der Waals surface area contributed by atoms with Crippen LogP contribution in [0.4, 0.5) is 0 Å². The highest BCUT2D eigenvalue weighted by Gasteiger charge is 1.92. The maximum atomic E-state index is 10.5. The highest BCUT2D eigenvalue weighted by Crippen LogP contribution is 2.00. The Labute approximate surface area is 98.2 Å². The van der Waals surface area contributed by atoms with Crippen LogP contribution < -0.4 is 15.8 Å². The Kier molecular flexibility index (Phi) is 4.41. The zero-order chi connectivity index (χ0) is 12.0. The van der Waals surface area contributed by atoms with Crippen LogP contribution in [0.5, 0.6) is 0 Å². The fourth-order valence-corrected chi connectivity index (χ4v) is 0.979. The molecule has 1 aromatic carbocycles. The summed E-state index contributed by atoms with van der Waals surface area (Å²) >= 11 is 4.80. The van der Waals surface area contributed by atoms with Gasteiger partial charge in [-0.3, -0.25) is 5.43 Å². The number of nitrogens with one attached hydrogen (secondary N) is 2. The van der Waals surface area contributed by atoms with E-state index >= 15 is 0 Å². The number of carbonyl (C=O) groups is 1. The van der Waals surface area contributed by atoms with E-state index < -0.39 is 5.97 Å². The smallest absolute Gasteiger partial charge is 0.186 e. The Morgan fingerprint density at radius 1 is 1.44 bits per heavy atom. The number of hydrazone groups is 1. The average Bonchev–Trinajstić information content (AvgIpc) is 2.29. The van der Waals surface area contributed by atoms with Gasteiger partial charge < -0.3 is 15.2 Å². The second-order valence-corrected chi connectivity index (χ2v) is 3.27. The van der Waals surface area contributed by atoms with Crippen molar-refractivity contribution < 1.29 is 9.90 Å². The molecule has 0 unspecified atom stereocenters. The van der Waals surface area contributed by atoms with Gasteiger partial charge in [0.15, 0.2) is 5.11 Å². The summed E-state index contributed by atoms with van der Waals surface area (Å²) in [6.45, 7) is 0. The lowest BCUT2D eigenvalue weighted by Crippen LogP contribution is -2.28. The topological polar surface area (TPSA) is 76.5 Å². The van der Waals surface area contributed by atoms with Crippen LogP contribution in [0.3, 0.4) is 0 Å². The zero-order valence-corrected chi connectivity index (χ0v) is 9.38. The molecule has 1 rings (SSSR count). The first kappa shape index (κ1) is 12.1. The lowest BCUT2D eigenvalue weighted by molar-refractivity contribution is -0.255. The van der Waals surface area contributed by atoms with Gasteiger partial charge in [-0.05, 0) is 23.3 Å². The van der Waals surface area contributed by atoms with Crippen molar-refractivity contribution in [3.63, 3.8) is 0 Å². The van der Waals surface area contributed by atoms with Crippen molar-refractivity contribution in [2.45, 2.75) is 0 Å². The molecule has 6 heteroatoms. The number of benzene rings is 1. The molecule has 0 spiro atoms. The summed E-state index contributed by atoms with van der Waals surface area (Å²) in [7, 11) is 1.68. The first-order valence-corrected chi connectivity index (χ1v) is 4.86. The molecule has 16 heavy (non-hydrogen) atoms. The van der Waals surface area contributed by atoms with Gasteiger partial charge in [0.05, 0.1) is 12.2 Å². The molecular weight excluding hydrogens is 226 g/mol. The van der Waals surface area contributed by atoms with Gasteiger partial charge >= 0.3 is 0 Å². The molecule has 0 heterocycles. The molecule has 2 N–H and O–H groups in total. The molecule has 0 atom stereocenters. The van der Waals surface area contributed by atoms with Crippen LogP contribution in [0.15, 0.2) is 29.4 Å². The average molecular weight is 236 g/mol. The minimum absolute atomic E-state index is 0.135. The lowest BCUT2D eigenvalue weighted by Gasteiger charge is -2.02. The highest BCUT2D eigenvalue weighted by atomic mass is 32.1. The van der Waals surface area contributed by atoms with Crippen molar-refractivity contribution in [2.24, 2.45) is 5.10 Å². The van der Waals surface area contributed by atoms with E-state index in [9.17, 15) is 9.90 Å². The van der Waals surface area contributed by atoms with Gasteiger partial charge in [0.2, 0.25) is 0 Å². The van der Waals surface area contributed by atoms with Gasteiger partial charge in [-0.1, -0.05) is 24.3 Å². The molecule has 0 aliphatic carbocycles. The van der Waals surface area contributed by atoms with Gasteiger partial charge in [0.1, 0.15) is 0 Å². The quantitative estimate of drug-likeness (QED) is 0.419. The summed E-state index contributed by atoms with van der Waals surface area (Å²) in [6, 6.07) is 6.15. The lowest BCUT2D eigenvalue weighted by atomic mass is 10.1. The fraction of sp³-hybridized carbons (Fsp3) is 0.100. The van der Waals surface area contributed by atoms with Crippen LogP contribution in [0.25, 0.3) is 0 Å². The molecule has 1 aromatic rings. The third-order valence-corrected chi connectivity index (χ3v) is 2.05. The monoisotopic (exact) mass is 236 g/mol. The SMILES string of the molecule is CNC(=S)N/N=C\c1ccc(C(=O)[O-])cc1. The van der Waals surface area contributed by atoms with Gasteiger partial charge in [0.25, 0.3) is 0 Å². The van der Waals surface area contributed by atoms with Crippen molar-refractivity contribution in [2.75, 3.05) is 7.05 Å². The van der Waals surface area contributed by atoms with Gasteiger partial charge in [-0.25, -0.2) is 0 Å². The minimum atomic E-state index is -1.20. The third kappa shape index (κ3) is 3.66. The molecule has 0 saturated carbocycles. The molecule has 0 aliphatic heterocycles. The molecule has 84 valence electrons. The maximum Gasteiger partial charge on any atom is 0.186 e. The van der Waals surface area contributed by atoms with Crippen molar-refractivity contribution in [3.8, 4) is 0 Å². The van der Waals surface area contributed by atoms with E-state index in [1.54, 1.807) is 19.2 Å². The van der Waals surface area contributed by atoms with Crippen molar-refractivity contribution in [1.82, 2.24) is 10.7 Å². The second kappa shape index (κ2) is 5.82. The van der Waals surface area contributed by atoms with Gasteiger partial charge in [-0.15, -0.1) is 0 Å². The second-order valence-electron chi connectivity index (χ2n) is 2.86. The van der Waals surface area contributed by atoms with Crippen LogP contribution in [0.1, 0.15) is 15.9 Å². The number of aromatic carboxylic acids is 1. The van der Waals surface area contributed by atoms with E-state index in [1.165, 1.54) is 18.3 Å². The van der Waals surface area contributed by atoms with E-state index in [-0.39, 0.29) is 5.56 Å². The standard InChI is InChI=1S/C10H11N3O2S/c1-11-10(16)13-12-6-7-2-4-8(5-3-7)9(14)15/h2-6H,1H3,(H,14,15)(H2,11,13,16)/p-1/b12-6-. The predicted octanol–water partition coefficient (Wildman–Crippen LogP) is -0.522. The fourth-order valence-electron chi connectivity index (χ4n) is 0.927. The van der Waals surface area contributed by atoms with Crippen LogP contribution in [0, 0.1) is 0 Å². The van der Waals surface area contributed by atoms with E-state index in [2.05, 4.69) is 15.8 Å². The summed E-state index contributed by atoms with van der Waals surface area (Å²) in [4.78, 5) is 10.5. The number of rotatable bonds is 3. The predicted molar refractivity (Wildman–Crippen MR) is 63.2 cm³/mol. The first-order valence-electron chi connectivity index (χ1n) is 4.45. The summed E-state index contributed by atoms with van der Waals surface area (Å²) in [5, 5.41) is 17.4. The summed E-state index contributed by atoms with van der Waals surface area (Å²) < 4.78 is 0. The van der Waals surface area contributed by atoms with Crippen LogP contribution in [0.2, 0.25) is 0 Å². The number of carbonyl (C=O) groups excluding carboxylic acids is 1. The molecule has 0 fully saturated rings. The van der Waals surface area contributed by atoms with Crippen LogP contribution >= 0.6 is 12.2 Å². The van der Waals surface area contributed by atoms with Crippen LogP contribution in [-0.2, 0) is 0 Å². The molecule has 0 aromatic heterocycles. The Hall–Kier alpha value is -1.95. The molecule has 0 aliphatic rings. The number of thiocarbonyl (C=S) groups is 1. The summed E-state index contributed by atoms with van der Waals surface area (Å²) in [5.74, 6) is -1.20. The Balaban J connectivity index is 2.61. The number of carboxylic acid groups (broad SMARTS) is 1. The molecule has 5 nitrogen and oxygen atoms in total. The molecule has 0 amide bonds. The first-order chi connectivity index (χ1) is 7.63. The van der Waals surface area contributed by atoms with Crippen LogP contribution in [-0.4, -0.2) is 24.3 Å². The number of hydrogen-bond acceptors (Lipinski definition) is 4. The normalized spacial score (nSPS) is 10.1. The van der Waals surface area contributed by atoms with Crippen molar-refractivity contribution in [1.29, 1.82) is 0 Å². The van der Waals surface area contributed by atoms with Crippen molar-refractivity contribution in [3.05, 3.63) is 35.4 Å². The maximum absolute atomic E-state index is 10.5. The highest BCUT2D eigenvalue weighted by molar-refractivity contribution is 7.80. The molecule has 0 bridgehead atoms. The zero-order valence-electron chi connectivity index (χ0n) is 8.56. The number of nitrogens with zero attached hydrogens (tertiary/aromatic N) is 1. The van der Waals surface area contributed by atoms with Gasteiger partial charge in [0, 0.05) is 7.05 Å². The number of hydrogen-bond donors (Lipinski definition) is 2. The molecule has 0 radical (unpaired) electrons. The molecule has 0 saturated heterocycles. The van der Waals surface area contributed by atoms with Gasteiger partial charge in [-0.2, -0.15) is 5.10 Å². The Morgan fingerprint density at radius 3 is 2.56 bits per heavy atom. The summed E-state index contributed by atoms with van der Waals surface area (Å²) in [6.07, 6.45) is 1.53. The van der Waals surface area contributed by atoms with E-state index in [0.717, 1.165) is 5.56 Å². The Bertz CT molecular complexity index is 415. The molecular formula is C10H10N3O2S-. The minimum Gasteiger partial charge on any atom is -0.545 e.